The van der Waals surface area contributed by atoms with Gasteiger partial charge in [0, 0.05) is 17.7 Å². The quantitative estimate of drug-likeness (QED) is 0.331. The van der Waals surface area contributed by atoms with Gasteiger partial charge < -0.3 is 4.42 Å². The number of benzene rings is 1. The van der Waals surface area contributed by atoms with Gasteiger partial charge in [-0.1, -0.05) is 35.0 Å². The van der Waals surface area contributed by atoms with Crippen LogP contribution in [-0.4, -0.2) is 21.7 Å². The number of hydrogen-bond acceptors (Lipinski definition) is 6. The van der Waals surface area contributed by atoms with Crippen LogP contribution in [-0.2, 0) is 0 Å². The molecule has 0 radical (unpaired) electrons. The average Bonchev–Trinajstić information content (AvgIpc) is 3.22. The number of Topliss-reactive ketones (excluding diaryl/α,β-unsaturated/α-hetero) is 1. The van der Waals surface area contributed by atoms with Gasteiger partial charge in [0.2, 0.25) is 5.89 Å². The van der Waals surface area contributed by atoms with E-state index in [1.54, 1.807) is 0 Å². The molecule has 0 amide bonds. The highest BCUT2D eigenvalue weighted by Gasteiger charge is 2.11. The fraction of sp³-hybridized carbons (Fsp3) is 0.278. The van der Waals surface area contributed by atoms with Crippen molar-refractivity contribution in [3.8, 4) is 11.5 Å². The summed E-state index contributed by atoms with van der Waals surface area (Å²) in [5, 5.41) is 10.7. The van der Waals surface area contributed by atoms with Crippen LogP contribution >= 0.6 is 23.1 Å². The van der Waals surface area contributed by atoms with Crippen LogP contribution in [0.4, 0.5) is 0 Å². The fourth-order valence-corrected chi connectivity index (χ4v) is 3.83. The van der Waals surface area contributed by atoms with Crippen LogP contribution in [0.3, 0.4) is 0 Å². The lowest BCUT2D eigenvalue weighted by Crippen LogP contribution is -1.96. The van der Waals surface area contributed by atoms with Crippen LogP contribution < -0.4 is 0 Å². The molecule has 0 atom stereocenters. The smallest absolute Gasteiger partial charge is 0.276 e. The Labute approximate surface area is 149 Å². The summed E-state index contributed by atoms with van der Waals surface area (Å²) in [6.07, 6.45) is 1.34. The molecule has 2 heterocycles. The van der Waals surface area contributed by atoms with E-state index in [2.05, 4.69) is 16.3 Å². The third kappa shape index (κ3) is 4.33. The van der Waals surface area contributed by atoms with Crippen molar-refractivity contribution in [2.75, 3.05) is 5.75 Å². The number of ketones is 1. The van der Waals surface area contributed by atoms with E-state index < -0.39 is 0 Å². The van der Waals surface area contributed by atoms with Gasteiger partial charge in [-0.25, -0.2) is 0 Å². The Balaban J connectivity index is 1.52. The van der Waals surface area contributed by atoms with Crippen LogP contribution in [0.15, 0.2) is 45.4 Å². The van der Waals surface area contributed by atoms with Gasteiger partial charge in [-0.3, -0.25) is 4.79 Å². The molecule has 6 heteroatoms. The van der Waals surface area contributed by atoms with Crippen molar-refractivity contribution < 1.29 is 9.21 Å². The predicted molar refractivity (Wildman–Crippen MR) is 97.8 cm³/mol. The molecule has 0 N–H and O–H groups in total. The monoisotopic (exact) mass is 358 g/mol. The highest BCUT2D eigenvalue weighted by molar-refractivity contribution is 7.99. The van der Waals surface area contributed by atoms with Crippen molar-refractivity contribution >= 4 is 28.9 Å². The molecule has 0 fully saturated rings. The summed E-state index contributed by atoms with van der Waals surface area (Å²) in [6.45, 7) is 4.10. The van der Waals surface area contributed by atoms with Gasteiger partial charge in [0.1, 0.15) is 0 Å². The SMILES string of the molecule is Cc1cc(C)cc(-c2nnc(SCCCC(=O)c3cccs3)o2)c1. The maximum Gasteiger partial charge on any atom is 0.276 e. The Bertz CT molecular complexity index is 805. The lowest BCUT2D eigenvalue weighted by Gasteiger charge is -2.00. The highest BCUT2D eigenvalue weighted by Crippen LogP contribution is 2.25. The molecule has 3 aromatic rings. The third-order valence-corrected chi connectivity index (χ3v) is 5.26. The van der Waals surface area contributed by atoms with E-state index in [1.807, 2.05) is 43.5 Å². The van der Waals surface area contributed by atoms with Crippen LogP contribution in [0.2, 0.25) is 0 Å². The first-order chi connectivity index (χ1) is 11.6. The van der Waals surface area contributed by atoms with Crippen molar-refractivity contribution in [3.05, 3.63) is 51.7 Å². The summed E-state index contributed by atoms with van der Waals surface area (Å²) in [7, 11) is 0. The molecule has 0 unspecified atom stereocenters. The van der Waals surface area contributed by atoms with E-state index in [0.717, 1.165) is 22.6 Å². The summed E-state index contributed by atoms with van der Waals surface area (Å²) in [6, 6.07) is 9.96. The molecule has 0 aliphatic rings. The van der Waals surface area contributed by atoms with Gasteiger partial charge in [-0.2, -0.15) is 0 Å². The fourth-order valence-electron chi connectivity index (χ4n) is 2.44. The van der Waals surface area contributed by atoms with Crippen LogP contribution in [0.25, 0.3) is 11.5 Å². The van der Waals surface area contributed by atoms with Gasteiger partial charge in [0.15, 0.2) is 5.78 Å². The summed E-state index contributed by atoms with van der Waals surface area (Å²) < 4.78 is 5.72. The summed E-state index contributed by atoms with van der Waals surface area (Å²) in [5.41, 5.74) is 3.29. The normalized spacial score (nSPS) is 10.9. The zero-order valence-electron chi connectivity index (χ0n) is 13.6. The molecule has 2 aromatic heterocycles. The Kier molecular flexibility index (Phi) is 5.48. The third-order valence-electron chi connectivity index (χ3n) is 3.44. The summed E-state index contributed by atoms with van der Waals surface area (Å²) in [5.74, 6) is 1.53. The number of aromatic nitrogens is 2. The standard InChI is InChI=1S/C18H18N2O2S2/c1-12-9-13(2)11-14(10-12)17-19-20-18(22-17)24-8-3-5-15(21)16-6-4-7-23-16/h4,6-7,9-11H,3,5,8H2,1-2H3. The lowest BCUT2D eigenvalue weighted by atomic mass is 10.1. The Morgan fingerprint density at radius 2 is 2.00 bits per heavy atom. The Morgan fingerprint density at radius 1 is 1.21 bits per heavy atom. The molecule has 0 saturated heterocycles. The van der Waals surface area contributed by atoms with Crippen molar-refractivity contribution in [1.29, 1.82) is 0 Å². The average molecular weight is 358 g/mol. The van der Waals surface area contributed by atoms with Crippen molar-refractivity contribution in [3.63, 3.8) is 0 Å². The number of carbonyl (C=O) groups excluding carboxylic acids is 1. The summed E-state index contributed by atoms with van der Waals surface area (Å²) in [4.78, 5) is 12.7. The van der Waals surface area contributed by atoms with Crippen molar-refractivity contribution in [1.82, 2.24) is 10.2 Å². The second-order valence-electron chi connectivity index (χ2n) is 5.60. The summed E-state index contributed by atoms with van der Waals surface area (Å²) >= 11 is 2.99. The van der Waals surface area contributed by atoms with E-state index in [9.17, 15) is 4.79 Å². The Hall–Kier alpha value is -1.92. The van der Waals surface area contributed by atoms with E-state index >= 15 is 0 Å². The first kappa shape index (κ1) is 16.9. The topological polar surface area (TPSA) is 56.0 Å². The molecule has 0 saturated carbocycles. The number of carbonyl (C=O) groups is 1. The number of thioether (sulfide) groups is 1. The molecule has 24 heavy (non-hydrogen) atoms. The second kappa shape index (κ2) is 7.77. The number of hydrogen-bond donors (Lipinski definition) is 0. The minimum Gasteiger partial charge on any atom is -0.411 e. The number of thiophene rings is 1. The van der Waals surface area contributed by atoms with E-state index in [1.165, 1.54) is 34.2 Å². The molecule has 0 bridgehead atoms. The number of rotatable bonds is 7. The largest absolute Gasteiger partial charge is 0.411 e. The van der Waals surface area contributed by atoms with E-state index in [0.29, 0.717) is 17.5 Å². The van der Waals surface area contributed by atoms with Gasteiger partial charge in [0.25, 0.3) is 5.22 Å². The zero-order valence-corrected chi connectivity index (χ0v) is 15.2. The maximum atomic E-state index is 11.9. The maximum absolute atomic E-state index is 11.9. The van der Waals surface area contributed by atoms with Crippen LogP contribution in [0.5, 0.6) is 0 Å². The van der Waals surface area contributed by atoms with E-state index in [-0.39, 0.29) is 5.78 Å². The molecule has 0 spiro atoms. The molecular formula is C18H18N2O2S2. The van der Waals surface area contributed by atoms with Crippen LogP contribution in [0.1, 0.15) is 33.6 Å². The molecule has 0 aliphatic heterocycles. The second-order valence-corrected chi connectivity index (χ2v) is 7.60. The molecule has 0 aliphatic carbocycles. The molecule has 1 aromatic carbocycles. The zero-order chi connectivity index (χ0) is 16.9. The van der Waals surface area contributed by atoms with Gasteiger partial charge in [0.05, 0.1) is 4.88 Å². The van der Waals surface area contributed by atoms with Gasteiger partial charge in [-0.05, 0) is 43.8 Å². The molecular weight excluding hydrogens is 340 g/mol. The molecule has 124 valence electrons. The molecule has 4 nitrogen and oxygen atoms in total. The van der Waals surface area contributed by atoms with Gasteiger partial charge >= 0.3 is 0 Å². The lowest BCUT2D eigenvalue weighted by molar-refractivity contribution is 0.0986. The van der Waals surface area contributed by atoms with Crippen molar-refractivity contribution in [2.24, 2.45) is 0 Å². The predicted octanol–water partition coefficient (Wildman–Crippen LogP) is 5.17. The van der Waals surface area contributed by atoms with Crippen molar-refractivity contribution in [2.45, 2.75) is 31.9 Å². The first-order valence-electron chi connectivity index (χ1n) is 7.73. The molecule has 3 rings (SSSR count). The minimum atomic E-state index is 0.201. The highest BCUT2D eigenvalue weighted by atomic mass is 32.2. The van der Waals surface area contributed by atoms with Gasteiger partial charge in [-0.15, -0.1) is 21.5 Å². The van der Waals surface area contributed by atoms with E-state index in [4.69, 9.17) is 4.42 Å². The number of aryl methyl sites for hydroxylation is 2. The number of nitrogens with zero attached hydrogens (tertiary/aromatic N) is 2. The Morgan fingerprint density at radius 3 is 2.71 bits per heavy atom. The van der Waals surface area contributed by atoms with Crippen LogP contribution in [0, 0.1) is 13.8 Å². The first-order valence-corrected chi connectivity index (χ1v) is 9.60. The minimum absolute atomic E-state index is 0.201.